The molecular formula is C18H21N3O. The van der Waals surface area contributed by atoms with E-state index in [-0.39, 0.29) is 11.8 Å². The molecule has 0 aliphatic heterocycles. The summed E-state index contributed by atoms with van der Waals surface area (Å²) in [4.78, 5) is 19.5. The van der Waals surface area contributed by atoms with Gasteiger partial charge in [-0.2, -0.15) is 0 Å². The third-order valence-electron chi connectivity index (χ3n) is 3.40. The number of anilines is 1. The highest BCUT2D eigenvalue weighted by Crippen LogP contribution is 2.28. The molecule has 114 valence electrons. The van der Waals surface area contributed by atoms with E-state index in [2.05, 4.69) is 35.4 Å². The molecule has 1 heterocycles. The normalized spacial score (nSPS) is 11.7. The molecule has 2 aromatic rings. The van der Waals surface area contributed by atoms with Gasteiger partial charge in [-0.1, -0.05) is 37.3 Å². The second kappa shape index (κ2) is 7.41. The standard InChI is InChI=1S/C18H21N3O/c1-4-8-13(3)18-19-12-16(21-18)14-10-6-7-11-15(14)20-17(22)9-5-2/h4-7,10-13H,1-2,8-9H2,3H3,(H,19,21)(H,20,22)/t13-/m0/s1. The molecule has 0 spiro atoms. The predicted molar refractivity (Wildman–Crippen MR) is 90.7 cm³/mol. The number of rotatable bonds is 7. The number of aromatic nitrogens is 2. The van der Waals surface area contributed by atoms with Crippen LogP contribution in [0.25, 0.3) is 11.3 Å². The molecule has 0 aliphatic carbocycles. The number of nitrogens with zero attached hydrogens (tertiary/aromatic N) is 1. The van der Waals surface area contributed by atoms with Crippen LogP contribution < -0.4 is 5.32 Å². The average Bonchev–Trinajstić information content (AvgIpc) is 2.98. The van der Waals surface area contributed by atoms with Gasteiger partial charge in [0.15, 0.2) is 0 Å². The van der Waals surface area contributed by atoms with Crippen molar-refractivity contribution in [2.24, 2.45) is 0 Å². The fourth-order valence-corrected chi connectivity index (χ4v) is 2.24. The number of amides is 1. The Labute approximate surface area is 131 Å². The number of para-hydroxylation sites is 1. The SMILES string of the molecule is C=CCC(=O)Nc1ccccc1-c1cnc([C@@H](C)CC=C)[nH]1. The number of hydrogen-bond acceptors (Lipinski definition) is 2. The molecule has 1 aromatic carbocycles. The topological polar surface area (TPSA) is 57.8 Å². The number of allylic oxidation sites excluding steroid dienone is 1. The van der Waals surface area contributed by atoms with E-state index in [0.29, 0.717) is 6.42 Å². The minimum absolute atomic E-state index is 0.0813. The molecule has 4 heteroatoms. The van der Waals surface area contributed by atoms with E-state index in [1.165, 1.54) is 0 Å². The quantitative estimate of drug-likeness (QED) is 0.749. The van der Waals surface area contributed by atoms with Gasteiger partial charge in [0, 0.05) is 17.9 Å². The molecule has 22 heavy (non-hydrogen) atoms. The lowest BCUT2D eigenvalue weighted by Gasteiger charge is -2.09. The number of hydrogen-bond donors (Lipinski definition) is 2. The van der Waals surface area contributed by atoms with E-state index in [0.717, 1.165) is 29.2 Å². The van der Waals surface area contributed by atoms with Crippen LogP contribution in [0.5, 0.6) is 0 Å². The lowest BCUT2D eigenvalue weighted by molar-refractivity contribution is -0.115. The zero-order valence-electron chi connectivity index (χ0n) is 12.8. The van der Waals surface area contributed by atoms with E-state index in [9.17, 15) is 4.79 Å². The summed E-state index contributed by atoms with van der Waals surface area (Å²) in [6, 6.07) is 7.67. The first-order valence-electron chi connectivity index (χ1n) is 7.31. The molecule has 0 saturated carbocycles. The van der Waals surface area contributed by atoms with Crippen LogP contribution in [-0.4, -0.2) is 15.9 Å². The number of benzene rings is 1. The summed E-state index contributed by atoms with van der Waals surface area (Å²) in [6.45, 7) is 9.44. The molecule has 0 radical (unpaired) electrons. The van der Waals surface area contributed by atoms with Crippen LogP contribution in [0, 0.1) is 0 Å². The number of imidazole rings is 1. The van der Waals surface area contributed by atoms with Gasteiger partial charge in [0.25, 0.3) is 0 Å². The van der Waals surface area contributed by atoms with Crippen molar-refractivity contribution in [3.05, 3.63) is 61.6 Å². The lowest BCUT2D eigenvalue weighted by Crippen LogP contribution is -2.10. The third-order valence-corrected chi connectivity index (χ3v) is 3.40. The van der Waals surface area contributed by atoms with E-state index in [1.54, 1.807) is 12.3 Å². The van der Waals surface area contributed by atoms with Crippen LogP contribution in [0.4, 0.5) is 5.69 Å². The lowest BCUT2D eigenvalue weighted by atomic mass is 10.1. The summed E-state index contributed by atoms with van der Waals surface area (Å²) in [5, 5.41) is 2.90. The molecule has 0 aliphatic rings. The molecule has 1 aromatic heterocycles. The molecule has 2 N–H and O–H groups in total. The fraction of sp³-hybridized carbons (Fsp3) is 0.222. The van der Waals surface area contributed by atoms with Gasteiger partial charge in [-0.05, 0) is 12.5 Å². The Hall–Kier alpha value is -2.62. The van der Waals surface area contributed by atoms with E-state index in [1.807, 2.05) is 30.3 Å². The van der Waals surface area contributed by atoms with Gasteiger partial charge >= 0.3 is 0 Å². The smallest absolute Gasteiger partial charge is 0.228 e. The molecule has 0 bridgehead atoms. The van der Waals surface area contributed by atoms with Crippen molar-refractivity contribution in [2.45, 2.75) is 25.7 Å². The summed E-state index contributed by atoms with van der Waals surface area (Å²) in [6.07, 6.45) is 6.43. The third kappa shape index (κ3) is 3.73. The molecule has 0 unspecified atom stereocenters. The second-order valence-corrected chi connectivity index (χ2v) is 5.19. The highest BCUT2D eigenvalue weighted by Gasteiger charge is 2.12. The summed E-state index contributed by atoms with van der Waals surface area (Å²) in [5.74, 6) is 1.12. The predicted octanol–water partition coefficient (Wildman–Crippen LogP) is 4.27. The second-order valence-electron chi connectivity index (χ2n) is 5.19. The van der Waals surface area contributed by atoms with Crippen molar-refractivity contribution in [1.82, 2.24) is 9.97 Å². The van der Waals surface area contributed by atoms with E-state index in [4.69, 9.17) is 0 Å². The van der Waals surface area contributed by atoms with Crippen molar-refractivity contribution >= 4 is 11.6 Å². The molecule has 0 fully saturated rings. The summed E-state index contributed by atoms with van der Waals surface area (Å²) in [5.41, 5.74) is 2.57. The average molecular weight is 295 g/mol. The van der Waals surface area contributed by atoms with Crippen molar-refractivity contribution in [3.63, 3.8) is 0 Å². The first-order valence-corrected chi connectivity index (χ1v) is 7.31. The van der Waals surface area contributed by atoms with Gasteiger partial charge in [-0.3, -0.25) is 4.79 Å². The highest BCUT2D eigenvalue weighted by atomic mass is 16.1. The van der Waals surface area contributed by atoms with Crippen LogP contribution in [0.1, 0.15) is 31.5 Å². The number of aromatic amines is 1. The number of nitrogens with one attached hydrogen (secondary N) is 2. The summed E-state index contributed by atoms with van der Waals surface area (Å²) in [7, 11) is 0. The Morgan fingerprint density at radius 3 is 2.86 bits per heavy atom. The Morgan fingerprint density at radius 2 is 2.14 bits per heavy atom. The zero-order chi connectivity index (χ0) is 15.9. The Balaban J connectivity index is 2.27. The number of H-pyrrole nitrogens is 1. The number of carbonyl (C=O) groups is 1. The maximum Gasteiger partial charge on any atom is 0.228 e. The monoisotopic (exact) mass is 295 g/mol. The molecule has 1 amide bonds. The molecule has 2 rings (SSSR count). The van der Waals surface area contributed by atoms with Crippen molar-refractivity contribution < 1.29 is 4.79 Å². The number of carbonyl (C=O) groups excluding carboxylic acids is 1. The fourth-order valence-electron chi connectivity index (χ4n) is 2.24. The maximum atomic E-state index is 11.8. The van der Waals surface area contributed by atoms with Crippen LogP contribution in [-0.2, 0) is 4.79 Å². The summed E-state index contributed by atoms with van der Waals surface area (Å²) >= 11 is 0. The first-order chi connectivity index (χ1) is 10.7. The minimum Gasteiger partial charge on any atom is -0.342 e. The van der Waals surface area contributed by atoms with Crippen molar-refractivity contribution in [2.75, 3.05) is 5.32 Å². The van der Waals surface area contributed by atoms with Crippen LogP contribution in [0.15, 0.2) is 55.8 Å². The van der Waals surface area contributed by atoms with E-state index >= 15 is 0 Å². The zero-order valence-corrected chi connectivity index (χ0v) is 12.8. The van der Waals surface area contributed by atoms with E-state index < -0.39 is 0 Å². The van der Waals surface area contributed by atoms with Gasteiger partial charge in [-0.25, -0.2) is 4.98 Å². The molecule has 4 nitrogen and oxygen atoms in total. The van der Waals surface area contributed by atoms with Gasteiger partial charge in [0.2, 0.25) is 5.91 Å². The van der Waals surface area contributed by atoms with Crippen LogP contribution in [0.2, 0.25) is 0 Å². The molecular weight excluding hydrogens is 274 g/mol. The Bertz CT molecular complexity index is 672. The highest BCUT2D eigenvalue weighted by molar-refractivity contribution is 5.95. The molecule has 1 atom stereocenters. The largest absolute Gasteiger partial charge is 0.342 e. The molecule has 0 saturated heterocycles. The maximum absolute atomic E-state index is 11.8. The van der Waals surface area contributed by atoms with Crippen molar-refractivity contribution in [3.8, 4) is 11.3 Å². The van der Waals surface area contributed by atoms with Gasteiger partial charge in [-0.15, -0.1) is 13.2 Å². The van der Waals surface area contributed by atoms with Crippen LogP contribution in [0.3, 0.4) is 0 Å². The summed E-state index contributed by atoms with van der Waals surface area (Å²) < 4.78 is 0. The minimum atomic E-state index is -0.0813. The van der Waals surface area contributed by atoms with Gasteiger partial charge < -0.3 is 10.3 Å². The first kappa shape index (κ1) is 15.8. The van der Waals surface area contributed by atoms with Gasteiger partial charge in [0.05, 0.1) is 17.6 Å². The van der Waals surface area contributed by atoms with Crippen molar-refractivity contribution in [1.29, 1.82) is 0 Å². The Morgan fingerprint density at radius 1 is 1.36 bits per heavy atom. The Kier molecular flexibility index (Phi) is 5.31. The van der Waals surface area contributed by atoms with Crippen LogP contribution >= 0.6 is 0 Å². The van der Waals surface area contributed by atoms with Gasteiger partial charge in [0.1, 0.15) is 5.82 Å².